The minimum atomic E-state index is 0. The normalized spacial score (nSPS) is 10.4. The first-order valence-corrected chi connectivity index (χ1v) is 9.29. The fourth-order valence-corrected chi connectivity index (χ4v) is 3.43. The molecule has 0 radical (unpaired) electrons. The van der Waals surface area contributed by atoms with Gasteiger partial charge in [-0.15, -0.1) is 12.4 Å². The van der Waals surface area contributed by atoms with Gasteiger partial charge in [0.1, 0.15) is 12.1 Å². The Morgan fingerprint density at radius 3 is 2.40 bits per heavy atom. The van der Waals surface area contributed by atoms with Gasteiger partial charge in [0.15, 0.2) is 11.5 Å². The predicted octanol–water partition coefficient (Wildman–Crippen LogP) is 5.09. The van der Waals surface area contributed by atoms with E-state index in [9.17, 15) is 0 Å². The maximum Gasteiger partial charge on any atom is 0.165 e. The van der Waals surface area contributed by atoms with E-state index in [4.69, 9.17) is 14.2 Å². The second-order valence-electron chi connectivity index (χ2n) is 6.50. The summed E-state index contributed by atoms with van der Waals surface area (Å²) in [5.74, 6) is 2.26. The summed E-state index contributed by atoms with van der Waals surface area (Å²) in [4.78, 5) is 4.57. The van der Waals surface area contributed by atoms with Gasteiger partial charge in [-0.2, -0.15) is 0 Å². The van der Waals surface area contributed by atoms with Crippen LogP contribution in [0.2, 0.25) is 0 Å². The van der Waals surface area contributed by atoms with Crippen LogP contribution in [0.5, 0.6) is 17.2 Å². The second-order valence-corrected chi connectivity index (χ2v) is 6.50. The lowest BCUT2D eigenvalue weighted by Crippen LogP contribution is -2.03. The van der Waals surface area contributed by atoms with E-state index < -0.39 is 0 Å². The van der Waals surface area contributed by atoms with E-state index in [2.05, 4.69) is 16.4 Å². The average molecular weight is 426 g/mol. The third kappa shape index (κ3) is 4.00. The summed E-state index contributed by atoms with van der Waals surface area (Å²) in [6, 6.07) is 19.9. The predicted molar refractivity (Wildman–Crippen MR) is 122 cm³/mol. The first-order valence-electron chi connectivity index (χ1n) is 9.29. The van der Waals surface area contributed by atoms with Crippen molar-refractivity contribution in [2.75, 3.05) is 26.6 Å². The molecular weight excluding hydrogens is 402 g/mol. The Balaban J connectivity index is 0.00000256. The molecule has 3 aromatic carbocycles. The Hall–Kier alpha value is -3.38. The fourth-order valence-electron chi connectivity index (χ4n) is 3.43. The van der Waals surface area contributed by atoms with Crippen molar-refractivity contribution in [3.8, 4) is 22.9 Å². The van der Waals surface area contributed by atoms with Crippen molar-refractivity contribution >= 4 is 29.1 Å². The number of halogens is 1. The van der Waals surface area contributed by atoms with Crippen LogP contribution in [0.1, 0.15) is 5.56 Å². The summed E-state index contributed by atoms with van der Waals surface area (Å²) in [6.07, 6.45) is 1.82. The van der Waals surface area contributed by atoms with Gasteiger partial charge in [-0.1, -0.05) is 24.3 Å². The Kier molecular flexibility index (Phi) is 6.69. The van der Waals surface area contributed by atoms with E-state index in [-0.39, 0.29) is 12.4 Å². The van der Waals surface area contributed by atoms with Crippen LogP contribution in [0.3, 0.4) is 0 Å². The van der Waals surface area contributed by atoms with Crippen molar-refractivity contribution < 1.29 is 14.2 Å². The van der Waals surface area contributed by atoms with Crippen molar-refractivity contribution in [3.63, 3.8) is 0 Å². The van der Waals surface area contributed by atoms with Gasteiger partial charge >= 0.3 is 0 Å². The van der Waals surface area contributed by atoms with Crippen LogP contribution in [0.15, 0.2) is 67.0 Å². The monoisotopic (exact) mass is 425 g/mol. The lowest BCUT2D eigenvalue weighted by molar-refractivity contribution is 0.352. The zero-order valence-corrected chi connectivity index (χ0v) is 17.9. The minimum Gasteiger partial charge on any atom is -0.495 e. The van der Waals surface area contributed by atoms with E-state index in [1.54, 1.807) is 21.3 Å². The van der Waals surface area contributed by atoms with Crippen molar-refractivity contribution in [3.05, 3.63) is 72.6 Å². The zero-order valence-electron chi connectivity index (χ0n) is 17.1. The quantitative estimate of drug-likeness (QED) is 0.447. The van der Waals surface area contributed by atoms with E-state index in [0.717, 1.165) is 45.2 Å². The molecule has 0 fully saturated rings. The standard InChI is InChI=1S/C23H23N3O3.ClH/c1-27-21-9-5-4-8-20(21)26-15-25-18-13-17(11-12-19(18)26)24-14-16-7-6-10-22(28-2)23(16)29-3;/h4-13,15,24H,14H2,1-3H3;1H. The molecule has 0 amide bonds. The number of para-hydroxylation sites is 3. The number of hydrogen-bond acceptors (Lipinski definition) is 5. The van der Waals surface area contributed by atoms with Gasteiger partial charge in [0.2, 0.25) is 0 Å². The van der Waals surface area contributed by atoms with Gasteiger partial charge in [-0.3, -0.25) is 4.57 Å². The Morgan fingerprint density at radius 2 is 1.63 bits per heavy atom. The molecule has 0 saturated heterocycles. The molecule has 0 aliphatic heterocycles. The summed E-state index contributed by atoms with van der Waals surface area (Å²) in [5, 5.41) is 3.44. The van der Waals surface area contributed by atoms with Crippen LogP contribution in [0, 0.1) is 0 Å². The number of aromatic nitrogens is 2. The molecule has 4 aromatic rings. The highest BCUT2D eigenvalue weighted by Crippen LogP contribution is 2.32. The first kappa shape index (κ1) is 21.3. The molecule has 0 aliphatic carbocycles. The number of nitrogens with one attached hydrogen (secondary N) is 1. The average Bonchev–Trinajstić information content (AvgIpc) is 3.20. The molecule has 1 heterocycles. The van der Waals surface area contributed by atoms with Crippen molar-refractivity contribution in [1.82, 2.24) is 9.55 Å². The summed E-state index contributed by atoms with van der Waals surface area (Å²) in [6.45, 7) is 0.610. The Bertz CT molecular complexity index is 1140. The third-order valence-corrected chi connectivity index (χ3v) is 4.86. The molecular formula is C23H24ClN3O3. The molecule has 156 valence electrons. The highest BCUT2D eigenvalue weighted by atomic mass is 35.5. The summed E-state index contributed by atoms with van der Waals surface area (Å²) >= 11 is 0. The largest absolute Gasteiger partial charge is 0.495 e. The number of rotatable bonds is 7. The van der Waals surface area contributed by atoms with E-state index >= 15 is 0 Å². The van der Waals surface area contributed by atoms with Gasteiger partial charge in [0.05, 0.1) is 38.1 Å². The number of nitrogens with zero attached hydrogens (tertiary/aromatic N) is 2. The van der Waals surface area contributed by atoms with Crippen molar-refractivity contribution in [2.45, 2.75) is 6.54 Å². The second kappa shape index (κ2) is 9.41. The number of ether oxygens (including phenoxy) is 3. The van der Waals surface area contributed by atoms with Crippen LogP contribution in [-0.4, -0.2) is 30.9 Å². The molecule has 1 N–H and O–H groups in total. The molecule has 6 nitrogen and oxygen atoms in total. The highest BCUT2D eigenvalue weighted by molar-refractivity contribution is 5.85. The minimum absolute atomic E-state index is 0. The molecule has 0 aliphatic rings. The molecule has 1 aromatic heterocycles. The lowest BCUT2D eigenvalue weighted by Gasteiger charge is -2.14. The smallest absolute Gasteiger partial charge is 0.165 e. The Labute approximate surface area is 181 Å². The maximum atomic E-state index is 5.51. The van der Waals surface area contributed by atoms with E-state index in [1.165, 1.54) is 0 Å². The molecule has 4 rings (SSSR count). The molecule has 0 saturated carbocycles. The van der Waals surface area contributed by atoms with Crippen LogP contribution < -0.4 is 19.5 Å². The Morgan fingerprint density at radius 1 is 0.867 bits per heavy atom. The number of imidazole rings is 1. The fraction of sp³-hybridized carbons (Fsp3) is 0.174. The molecule has 0 atom stereocenters. The number of anilines is 1. The van der Waals surface area contributed by atoms with Gasteiger partial charge in [-0.05, 0) is 36.4 Å². The molecule has 30 heavy (non-hydrogen) atoms. The van der Waals surface area contributed by atoms with Crippen molar-refractivity contribution in [2.24, 2.45) is 0 Å². The van der Waals surface area contributed by atoms with Crippen molar-refractivity contribution in [1.29, 1.82) is 0 Å². The topological polar surface area (TPSA) is 57.5 Å². The third-order valence-electron chi connectivity index (χ3n) is 4.86. The van der Waals surface area contributed by atoms with Crippen LogP contribution >= 0.6 is 12.4 Å². The maximum absolute atomic E-state index is 5.51. The summed E-state index contributed by atoms with van der Waals surface area (Å²) < 4.78 is 18.4. The SMILES string of the molecule is COc1ccccc1-n1cnc2cc(NCc3cccc(OC)c3OC)ccc21.Cl. The summed E-state index contributed by atoms with van der Waals surface area (Å²) in [5.41, 5.74) is 4.87. The van der Waals surface area contributed by atoms with Gasteiger partial charge in [0.25, 0.3) is 0 Å². The number of benzene rings is 3. The summed E-state index contributed by atoms with van der Waals surface area (Å²) in [7, 11) is 4.96. The first-order chi connectivity index (χ1) is 14.2. The molecule has 7 heteroatoms. The lowest BCUT2D eigenvalue weighted by atomic mass is 10.1. The van der Waals surface area contributed by atoms with E-state index in [1.807, 2.05) is 65.5 Å². The van der Waals surface area contributed by atoms with Gasteiger partial charge in [0, 0.05) is 17.8 Å². The highest BCUT2D eigenvalue weighted by Gasteiger charge is 2.11. The zero-order chi connectivity index (χ0) is 20.2. The van der Waals surface area contributed by atoms with Gasteiger partial charge in [-0.25, -0.2) is 4.98 Å². The molecule has 0 unspecified atom stereocenters. The van der Waals surface area contributed by atoms with Crippen LogP contribution in [0.4, 0.5) is 5.69 Å². The van der Waals surface area contributed by atoms with Gasteiger partial charge < -0.3 is 19.5 Å². The van der Waals surface area contributed by atoms with Crippen LogP contribution in [-0.2, 0) is 6.54 Å². The van der Waals surface area contributed by atoms with Crippen LogP contribution in [0.25, 0.3) is 16.7 Å². The number of fused-ring (bicyclic) bond motifs is 1. The number of methoxy groups -OCH3 is 3. The van der Waals surface area contributed by atoms with E-state index in [0.29, 0.717) is 6.54 Å². The molecule has 0 bridgehead atoms. The molecule has 0 spiro atoms. The number of hydrogen-bond donors (Lipinski definition) is 1.